The molecule has 14 nitrogen and oxygen atoms in total. The molecule has 298 valence electrons. The number of carbonyl (C=O) groups is 1. The van der Waals surface area contributed by atoms with Gasteiger partial charge in [0.05, 0.1) is 42.2 Å². The standard InChI is InChI=1S/C13H24N2O.C13H22N2.C10H13N5O4.CH2Cl2/c16-13(14-11-7-3-1-4-8-11)15-12-9-5-2-6-10-12;1-3-7-12(8-4-1)14-11-15-13-9-5-2-6-10-13;1-5-3-15(10(18)12-9(5)17)8-2-6(13-14-11)7(4-16)19-8;2-1-3/h11-12H,1-10H2,(H2,14,15,16);12-13H,1-10H2;3,6-8,16H,2,4H2,1H3,(H,12,17,18);1H2/t;;6-,7+,8+;/m..0./s1. The number of ether oxygens (including phenoxy) is 1. The van der Waals surface area contributed by atoms with Gasteiger partial charge in [0.2, 0.25) is 0 Å². The van der Waals surface area contributed by atoms with Crippen molar-refractivity contribution in [3.05, 3.63) is 43.0 Å². The van der Waals surface area contributed by atoms with Crippen LogP contribution in [0.15, 0.2) is 30.9 Å². The zero-order valence-corrected chi connectivity index (χ0v) is 32.9. The Morgan fingerprint density at radius 1 is 0.887 bits per heavy atom. The molecule has 1 aromatic heterocycles. The van der Waals surface area contributed by atoms with Gasteiger partial charge in [-0.2, -0.15) is 0 Å². The first-order valence-corrected chi connectivity index (χ1v) is 20.8. The van der Waals surface area contributed by atoms with Crippen molar-refractivity contribution < 1.29 is 14.6 Å². The van der Waals surface area contributed by atoms with Gasteiger partial charge in [-0.3, -0.25) is 14.3 Å². The van der Waals surface area contributed by atoms with Crippen LogP contribution in [0.5, 0.6) is 0 Å². The van der Waals surface area contributed by atoms with Crippen LogP contribution in [-0.4, -0.2) is 75.0 Å². The van der Waals surface area contributed by atoms with E-state index >= 15 is 0 Å². The molecule has 5 aliphatic rings. The number of amides is 2. The topological polar surface area (TPSA) is 199 Å². The second-order valence-electron chi connectivity index (χ2n) is 14.6. The Hall–Kier alpha value is -2.86. The SMILES string of the molecule is C(=NC1CCCCC1)=NC1CCCCC1.Cc1cn([C@H]2C[C@H](N=[N+]=[N-])[C@@H](CO)O2)c(=O)[nH]c1=O.ClCCl.O=C(NC1CCCCC1)NC1CCCCC1. The van der Waals surface area contributed by atoms with Crippen LogP contribution in [0, 0.1) is 6.92 Å². The van der Waals surface area contributed by atoms with Gasteiger partial charge in [0.15, 0.2) is 0 Å². The van der Waals surface area contributed by atoms with Crippen LogP contribution in [0.1, 0.15) is 147 Å². The maximum Gasteiger partial charge on any atom is 0.330 e. The van der Waals surface area contributed by atoms with Crippen molar-refractivity contribution in [1.82, 2.24) is 20.2 Å². The average molecular weight is 783 g/mol. The summed E-state index contributed by atoms with van der Waals surface area (Å²) in [5.41, 5.74) is 7.76. The summed E-state index contributed by atoms with van der Waals surface area (Å²) in [4.78, 5) is 48.5. The zero-order chi connectivity index (χ0) is 38.3. The van der Waals surface area contributed by atoms with Crippen molar-refractivity contribution in [1.29, 1.82) is 0 Å². The van der Waals surface area contributed by atoms with Crippen molar-refractivity contribution in [2.24, 2.45) is 15.1 Å². The van der Waals surface area contributed by atoms with Crippen molar-refractivity contribution in [2.75, 3.05) is 11.9 Å². The number of H-pyrrole nitrogens is 1. The molecule has 1 aromatic rings. The van der Waals surface area contributed by atoms with Crippen molar-refractivity contribution in [3.63, 3.8) is 0 Å². The monoisotopic (exact) mass is 781 g/mol. The molecular weight excluding hydrogens is 721 g/mol. The number of nitrogens with zero attached hydrogens (tertiary/aromatic N) is 6. The van der Waals surface area contributed by atoms with Gasteiger partial charge >= 0.3 is 11.7 Å². The highest BCUT2D eigenvalue weighted by Crippen LogP contribution is 2.30. The Bertz CT molecular complexity index is 1380. The molecule has 2 heterocycles. The lowest BCUT2D eigenvalue weighted by Gasteiger charge is -2.26. The van der Waals surface area contributed by atoms with Crippen LogP contribution in [0.2, 0.25) is 0 Å². The number of aryl methyl sites for hydroxylation is 1. The normalized spacial score (nSPS) is 23.9. The molecule has 0 spiro atoms. The average Bonchev–Trinajstić information content (AvgIpc) is 3.58. The number of aliphatic imine (C=N–C) groups is 2. The van der Waals surface area contributed by atoms with E-state index in [2.05, 4.69) is 41.6 Å². The summed E-state index contributed by atoms with van der Waals surface area (Å²) in [6.45, 7) is 1.26. The van der Waals surface area contributed by atoms with Gasteiger partial charge in [-0.15, -0.1) is 23.2 Å². The number of nitrogens with one attached hydrogen (secondary N) is 3. The van der Waals surface area contributed by atoms with E-state index in [-0.39, 0.29) is 24.4 Å². The predicted octanol–water partition coefficient (Wildman–Crippen LogP) is 8.00. The highest BCUT2D eigenvalue weighted by molar-refractivity contribution is 6.40. The quantitative estimate of drug-likeness (QED) is 0.0713. The predicted molar refractivity (Wildman–Crippen MR) is 210 cm³/mol. The van der Waals surface area contributed by atoms with Crippen LogP contribution in [0.3, 0.4) is 0 Å². The van der Waals surface area contributed by atoms with Crippen LogP contribution >= 0.6 is 23.2 Å². The molecule has 4 aliphatic carbocycles. The minimum Gasteiger partial charge on any atom is -0.394 e. The fraction of sp³-hybridized carbons (Fsp3) is 0.838. The van der Waals surface area contributed by atoms with E-state index in [0.717, 1.165) is 25.7 Å². The van der Waals surface area contributed by atoms with Crippen molar-refractivity contribution in [3.8, 4) is 0 Å². The van der Waals surface area contributed by atoms with Crippen molar-refractivity contribution in [2.45, 2.75) is 184 Å². The highest BCUT2D eigenvalue weighted by atomic mass is 35.5. The fourth-order valence-electron chi connectivity index (χ4n) is 7.56. The van der Waals surface area contributed by atoms with Crippen molar-refractivity contribution >= 4 is 35.2 Å². The van der Waals surface area contributed by atoms with Crippen LogP contribution in [0.25, 0.3) is 10.4 Å². The third-order valence-electron chi connectivity index (χ3n) is 10.6. The molecule has 1 aliphatic heterocycles. The summed E-state index contributed by atoms with van der Waals surface area (Å²) in [6, 6.07) is 4.42. The number of aromatic amines is 1. The molecule has 0 aromatic carbocycles. The summed E-state index contributed by atoms with van der Waals surface area (Å²) in [6.07, 6.45) is 26.0. The number of aromatic nitrogens is 2. The molecule has 53 heavy (non-hydrogen) atoms. The van der Waals surface area contributed by atoms with Gasteiger partial charge in [0.25, 0.3) is 5.56 Å². The zero-order valence-electron chi connectivity index (χ0n) is 31.4. The van der Waals surface area contributed by atoms with E-state index in [9.17, 15) is 14.4 Å². The molecule has 2 amide bonds. The number of hydrogen-bond acceptors (Lipinski definition) is 8. The van der Waals surface area contributed by atoms with E-state index < -0.39 is 29.6 Å². The van der Waals surface area contributed by atoms with Gasteiger partial charge in [0.1, 0.15) is 6.23 Å². The minimum atomic E-state index is -0.671. The maximum atomic E-state index is 11.8. The summed E-state index contributed by atoms with van der Waals surface area (Å²) in [7, 11) is 0. The second-order valence-corrected chi connectivity index (χ2v) is 15.4. The van der Waals surface area contributed by atoms with Crippen LogP contribution < -0.4 is 21.9 Å². The number of azide groups is 1. The molecule has 4 N–H and O–H groups in total. The Morgan fingerprint density at radius 2 is 1.34 bits per heavy atom. The number of rotatable bonds is 7. The Balaban J connectivity index is 0.000000207. The third kappa shape index (κ3) is 17.0. The highest BCUT2D eigenvalue weighted by Gasteiger charge is 2.35. The number of aliphatic hydroxyl groups is 1. The third-order valence-corrected chi connectivity index (χ3v) is 10.6. The summed E-state index contributed by atoms with van der Waals surface area (Å²) in [5.74, 6) is 0. The Kier molecular flexibility index (Phi) is 21.9. The fourth-order valence-corrected chi connectivity index (χ4v) is 7.56. The number of carbonyl (C=O) groups excluding carboxylic acids is 1. The van der Waals surface area contributed by atoms with Gasteiger partial charge in [-0.25, -0.2) is 19.6 Å². The molecule has 5 fully saturated rings. The molecule has 4 saturated carbocycles. The lowest BCUT2D eigenvalue weighted by Crippen LogP contribution is -2.47. The molecule has 16 heteroatoms. The molecule has 3 atom stereocenters. The minimum absolute atomic E-state index is 0.0683. The van der Waals surface area contributed by atoms with E-state index in [0.29, 0.717) is 29.7 Å². The van der Waals surface area contributed by atoms with E-state index in [1.54, 1.807) is 6.92 Å². The molecule has 6 rings (SSSR count). The van der Waals surface area contributed by atoms with Gasteiger partial charge < -0.3 is 20.5 Å². The van der Waals surface area contributed by atoms with E-state index in [4.69, 9.17) is 38.6 Å². The Labute approximate surface area is 323 Å². The maximum absolute atomic E-state index is 11.8. The largest absolute Gasteiger partial charge is 0.394 e. The molecule has 0 radical (unpaired) electrons. The second kappa shape index (κ2) is 26.0. The van der Waals surface area contributed by atoms with Gasteiger partial charge in [-0.05, 0) is 63.8 Å². The molecular formula is C37H61Cl2N9O5. The lowest BCUT2D eigenvalue weighted by molar-refractivity contribution is -0.0271. The Morgan fingerprint density at radius 3 is 1.77 bits per heavy atom. The molecule has 1 saturated heterocycles. The first kappa shape index (κ1) is 44.5. The summed E-state index contributed by atoms with van der Waals surface area (Å²) in [5, 5.41) is 19.1. The number of urea groups is 1. The number of alkyl halides is 2. The lowest BCUT2D eigenvalue weighted by atomic mass is 9.95. The summed E-state index contributed by atoms with van der Waals surface area (Å²) < 4.78 is 6.69. The summed E-state index contributed by atoms with van der Waals surface area (Å²) >= 11 is 9.53. The first-order valence-electron chi connectivity index (χ1n) is 19.7. The smallest absolute Gasteiger partial charge is 0.330 e. The number of aliphatic hydroxyl groups excluding tert-OH is 1. The first-order chi connectivity index (χ1) is 25.8. The number of hydrogen-bond donors (Lipinski definition) is 4. The van der Waals surface area contributed by atoms with Crippen LogP contribution in [-0.2, 0) is 4.74 Å². The van der Waals surface area contributed by atoms with E-state index in [1.165, 1.54) is 113 Å². The molecule has 0 unspecified atom stereocenters. The number of halogens is 2. The van der Waals surface area contributed by atoms with Gasteiger partial charge in [-0.1, -0.05) is 82.2 Å². The van der Waals surface area contributed by atoms with Gasteiger partial charge in [0, 0.05) is 35.2 Å². The van der Waals surface area contributed by atoms with Crippen LogP contribution in [0.4, 0.5) is 4.79 Å². The molecule has 0 bridgehead atoms. The van der Waals surface area contributed by atoms with E-state index in [1.807, 2.05) is 0 Å².